The fourth-order valence-electron chi connectivity index (χ4n) is 1.50. The van der Waals surface area contributed by atoms with Crippen LogP contribution in [0.15, 0.2) is 22.6 Å². The van der Waals surface area contributed by atoms with Crippen LogP contribution in [0.3, 0.4) is 0 Å². The summed E-state index contributed by atoms with van der Waals surface area (Å²) in [7, 11) is 1.55. The molecule has 1 unspecified atom stereocenters. The maximum atomic E-state index is 11.6. The van der Waals surface area contributed by atoms with E-state index in [4.69, 9.17) is 14.3 Å². The molecule has 1 rings (SSSR count). The Labute approximate surface area is 106 Å². The van der Waals surface area contributed by atoms with Crippen LogP contribution >= 0.6 is 0 Å². The third-order valence-corrected chi connectivity index (χ3v) is 2.35. The zero-order valence-corrected chi connectivity index (χ0v) is 10.7. The lowest BCUT2D eigenvalue weighted by atomic mass is 10.2. The van der Waals surface area contributed by atoms with Crippen LogP contribution in [0.1, 0.15) is 17.9 Å². The van der Waals surface area contributed by atoms with Crippen molar-refractivity contribution >= 4 is 12.0 Å². The van der Waals surface area contributed by atoms with Crippen molar-refractivity contribution in [2.24, 2.45) is 0 Å². The van der Waals surface area contributed by atoms with Gasteiger partial charge in [-0.25, -0.2) is 0 Å². The van der Waals surface area contributed by atoms with Gasteiger partial charge in [0.15, 0.2) is 0 Å². The van der Waals surface area contributed by atoms with Crippen LogP contribution in [0.4, 0.5) is 0 Å². The van der Waals surface area contributed by atoms with Gasteiger partial charge in [-0.15, -0.1) is 0 Å². The van der Waals surface area contributed by atoms with Gasteiger partial charge in [-0.05, 0) is 31.6 Å². The predicted molar refractivity (Wildman–Crippen MR) is 68.0 cm³/mol. The number of hydrogen-bond donors (Lipinski definition) is 2. The molecule has 1 amide bonds. The number of ether oxygens (including phenoxy) is 1. The number of methoxy groups -OCH3 is 1. The third-order valence-electron chi connectivity index (χ3n) is 2.35. The highest BCUT2D eigenvalue weighted by Crippen LogP contribution is 2.07. The topological polar surface area (TPSA) is 71.7 Å². The standard InChI is InChI=1S/C13H19NO4/c1-10-3-4-12(18-10)5-6-13(16)14-11(7-8-15)9-17-2/h3-6,11,15H,7-9H2,1-2H3,(H,14,16)/b6-5+. The SMILES string of the molecule is COCC(CCO)NC(=O)/C=C/c1ccc(C)o1. The second kappa shape index (κ2) is 7.68. The summed E-state index contributed by atoms with van der Waals surface area (Å²) in [4.78, 5) is 11.6. The van der Waals surface area contributed by atoms with Crippen LogP contribution in [-0.4, -0.2) is 37.4 Å². The predicted octanol–water partition coefficient (Wildman–Crippen LogP) is 1.11. The first-order chi connectivity index (χ1) is 8.65. The maximum absolute atomic E-state index is 11.6. The highest BCUT2D eigenvalue weighted by atomic mass is 16.5. The first-order valence-corrected chi connectivity index (χ1v) is 5.80. The third kappa shape index (κ3) is 5.16. The lowest BCUT2D eigenvalue weighted by Gasteiger charge is -2.15. The van der Waals surface area contributed by atoms with Crippen molar-refractivity contribution in [3.63, 3.8) is 0 Å². The van der Waals surface area contributed by atoms with Crippen LogP contribution in [0.5, 0.6) is 0 Å². The molecule has 1 aromatic rings. The average molecular weight is 253 g/mol. The molecule has 0 aliphatic heterocycles. The minimum atomic E-state index is -0.237. The van der Waals surface area contributed by atoms with Gasteiger partial charge < -0.3 is 19.6 Å². The molecule has 0 aliphatic carbocycles. The summed E-state index contributed by atoms with van der Waals surface area (Å²) in [6.45, 7) is 2.22. The minimum Gasteiger partial charge on any atom is -0.462 e. The number of furan rings is 1. The second-order valence-corrected chi connectivity index (χ2v) is 3.95. The van der Waals surface area contributed by atoms with Crippen molar-refractivity contribution in [1.82, 2.24) is 5.32 Å². The zero-order chi connectivity index (χ0) is 13.4. The molecule has 18 heavy (non-hydrogen) atoms. The number of aryl methyl sites for hydroxylation is 1. The summed E-state index contributed by atoms with van der Waals surface area (Å²) in [6, 6.07) is 3.44. The highest BCUT2D eigenvalue weighted by molar-refractivity contribution is 5.91. The van der Waals surface area contributed by atoms with E-state index in [1.165, 1.54) is 6.08 Å². The molecule has 0 saturated heterocycles. The van der Waals surface area contributed by atoms with Gasteiger partial charge >= 0.3 is 0 Å². The van der Waals surface area contributed by atoms with Crippen molar-refractivity contribution in [2.75, 3.05) is 20.3 Å². The summed E-state index contributed by atoms with van der Waals surface area (Å²) in [5, 5.41) is 11.6. The van der Waals surface area contributed by atoms with Crippen molar-refractivity contribution < 1.29 is 19.1 Å². The monoisotopic (exact) mass is 253 g/mol. The Hall–Kier alpha value is -1.59. The van der Waals surface area contributed by atoms with Crippen molar-refractivity contribution in [2.45, 2.75) is 19.4 Å². The van der Waals surface area contributed by atoms with Crippen LogP contribution in [0.2, 0.25) is 0 Å². The van der Waals surface area contributed by atoms with Crippen LogP contribution in [0, 0.1) is 6.92 Å². The molecule has 0 aromatic carbocycles. The Kier molecular flexibility index (Phi) is 6.18. The molecule has 0 radical (unpaired) electrons. The number of aliphatic hydroxyl groups excluding tert-OH is 1. The molecule has 0 spiro atoms. The van der Waals surface area contributed by atoms with E-state index in [2.05, 4.69) is 5.32 Å². The van der Waals surface area contributed by atoms with E-state index in [-0.39, 0.29) is 18.6 Å². The molecule has 0 aliphatic rings. The minimum absolute atomic E-state index is 0.00932. The molecule has 1 aromatic heterocycles. The first-order valence-electron chi connectivity index (χ1n) is 5.80. The molecule has 0 saturated carbocycles. The van der Waals surface area contributed by atoms with E-state index in [0.29, 0.717) is 18.8 Å². The Morgan fingerprint density at radius 2 is 2.39 bits per heavy atom. The molecule has 100 valence electrons. The van der Waals surface area contributed by atoms with E-state index < -0.39 is 0 Å². The van der Waals surface area contributed by atoms with E-state index in [0.717, 1.165) is 5.76 Å². The molecule has 1 heterocycles. The molecular formula is C13H19NO4. The van der Waals surface area contributed by atoms with Gasteiger partial charge in [-0.1, -0.05) is 0 Å². The molecular weight excluding hydrogens is 234 g/mol. The van der Waals surface area contributed by atoms with E-state index in [1.54, 1.807) is 19.3 Å². The molecule has 5 heteroatoms. The number of carbonyl (C=O) groups excluding carboxylic acids is 1. The van der Waals surface area contributed by atoms with Crippen molar-refractivity contribution in [1.29, 1.82) is 0 Å². The first kappa shape index (κ1) is 14.5. The van der Waals surface area contributed by atoms with Gasteiger partial charge in [0.25, 0.3) is 0 Å². The Bertz CT molecular complexity index is 391. The number of hydrogen-bond acceptors (Lipinski definition) is 4. The smallest absolute Gasteiger partial charge is 0.244 e. The number of aliphatic hydroxyl groups is 1. The lowest BCUT2D eigenvalue weighted by Crippen LogP contribution is -2.37. The summed E-state index contributed by atoms with van der Waals surface area (Å²) >= 11 is 0. The van der Waals surface area contributed by atoms with Crippen molar-refractivity contribution in [3.8, 4) is 0 Å². The Balaban J connectivity index is 2.46. The van der Waals surface area contributed by atoms with Crippen molar-refractivity contribution in [3.05, 3.63) is 29.7 Å². The summed E-state index contributed by atoms with van der Waals surface area (Å²) in [5.74, 6) is 1.19. The van der Waals surface area contributed by atoms with Gasteiger partial charge in [0.2, 0.25) is 5.91 Å². The molecule has 0 bridgehead atoms. The lowest BCUT2D eigenvalue weighted by molar-refractivity contribution is -0.117. The molecule has 5 nitrogen and oxygen atoms in total. The van der Waals surface area contributed by atoms with Gasteiger partial charge in [0.05, 0.1) is 12.6 Å². The van der Waals surface area contributed by atoms with Gasteiger partial charge in [0, 0.05) is 19.8 Å². The van der Waals surface area contributed by atoms with E-state index >= 15 is 0 Å². The fraction of sp³-hybridized carbons (Fsp3) is 0.462. The summed E-state index contributed by atoms with van der Waals surface area (Å²) < 4.78 is 10.3. The largest absolute Gasteiger partial charge is 0.462 e. The van der Waals surface area contributed by atoms with Crippen LogP contribution in [-0.2, 0) is 9.53 Å². The quantitative estimate of drug-likeness (QED) is 0.714. The van der Waals surface area contributed by atoms with Gasteiger partial charge in [-0.2, -0.15) is 0 Å². The number of amides is 1. The number of rotatable bonds is 7. The highest BCUT2D eigenvalue weighted by Gasteiger charge is 2.09. The van der Waals surface area contributed by atoms with Crippen LogP contribution in [0.25, 0.3) is 6.08 Å². The maximum Gasteiger partial charge on any atom is 0.244 e. The summed E-state index contributed by atoms with van der Waals surface area (Å²) in [5.41, 5.74) is 0. The molecule has 0 fully saturated rings. The van der Waals surface area contributed by atoms with Gasteiger partial charge in [0.1, 0.15) is 11.5 Å². The van der Waals surface area contributed by atoms with Gasteiger partial charge in [-0.3, -0.25) is 4.79 Å². The van der Waals surface area contributed by atoms with Crippen LogP contribution < -0.4 is 5.32 Å². The Morgan fingerprint density at radius 1 is 1.61 bits per heavy atom. The molecule has 2 N–H and O–H groups in total. The fourth-order valence-corrected chi connectivity index (χ4v) is 1.50. The molecule has 1 atom stereocenters. The zero-order valence-electron chi connectivity index (χ0n) is 10.7. The number of carbonyl (C=O) groups is 1. The normalized spacial score (nSPS) is 12.8. The second-order valence-electron chi connectivity index (χ2n) is 3.95. The average Bonchev–Trinajstić information content (AvgIpc) is 2.73. The Morgan fingerprint density at radius 3 is 2.94 bits per heavy atom. The van der Waals surface area contributed by atoms with E-state index in [1.807, 2.05) is 13.0 Å². The summed E-state index contributed by atoms with van der Waals surface area (Å²) in [6.07, 6.45) is 3.47. The number of nitrogens with one attached hydrogen (secondary N) is 1. The van der Waals surface area contributed by atoms with E-state index in [9.17, 15) is 4.79 Å².